The lowest BCUT2D eigenvalue weighted by atomic mass is 10.0. The largest absolute Gasteiger partial charge is 0.465 e. The molecule has 1 aromatic heterocycles. The summed E-state index contributed by atoms with van der Waals surface area (Å²) in [7, 11) is 3.35. The molecule has 0 aliphatic rings. The Kier molecular flexibility index (Phi) is 2.04. The summed E-state index contributed by atoms with van der Waals surface area (Å²) >= 11 is 0. The van der Waals surface area contributed by atoms with Crippen LogP contribution in [0.5, 0.6) is 0 Å². The molecule has 0 amide bonds. The summed E-state index contributed by atoms with van der Waals surface area (Å²) in [4.78, 5) is 14.6. The molecule has 1 heterocycles. The molecular weight excluding hydrogens is 177 g/mol. The van der Waals surface area contributed by atoms with Crippen molar-refractivity contribution in [2.75, 3.05) is 7.11 Å². The van der Waals surface area contributed by atoms with E-state index in [0.717, 1.165) is 16.5 Å². The number of benzene rings is 1. The molecule has 1 N–H and O–H groups in total. The Hall–Kier alpha value is -1.71. The van der Waals surface area contributed by atoms with Crippen LogP contribution in [0.3, 0.4) is 0 Å². The van der Waals surface area contributed by atoms with E-state index >= 15 is 0 Å². The second-order valence-electron chi connectivity index (χ2n) is 3.21. The first-order chi connectivity index (χ1) is 6.72. The lowest BCUT2D eigenvalue weighted by Crippen LogP contribution is -2.01. The number of aromatic nitrogens is 1. The molecule has 0 spiro atoms. The average Bonchev–Trinajstić information content (AvgIpc) is 2.56. The van der Waals surface area contributed by atoms with E-state index in [4.69, 9.17) is 4.74 Å². The van der Waals surface area contributed by atoms with Gasteiger partial charge >= 0.3 is 5.97 Å². The van der Waals surface area contributed by atoms with Crippen LogP contribution in [-0.2, 0) is 4.74 Å². The van der Waals surface area contributed by atoms with Gasteiger partial charge in [-0.1, -0.05) is 6.07 Å². The van der Waals surface area contributed by atoms with Crippen LogP contribution in [-0.4, -0.2) is 25.9 Å². The zero-order chi connectivity index (χ0) is 10.1. The van der Waals surface area contributed by atoms with Gasteiger partial charge in [0.1, 0.15) is 0 Å². The molecule has 2 rings (SSSR count). The normalized spacial score (nSPS) is 10.4. The van der Waals surface area contributed by atoms with Crippen LogP contribution in [0.2, 0.25) is 0 Å². The molecule has 14 heavy (non-hydrogen) atoms. The third-order valence-electron chi connectivity index (χ3n) is 2.20. The first kappa shape index (κ1) is 8.87. The number of ether oxygens (including phenoxy) is 1. The van der Waals surface area contributed by atoms with E-state index in [0.29, 0.717) is 5.56 Å². The van der Waals surface area contributed by atoms with Crippen molar-refractivity contribution in [1.29, 1.82) is 0 Å². The lowest BCUT2D eigenvalue weighted by molar-refractivity contribution is 0.0603. The number of nitrogens with one attached hydrogen (secondary N) is 1. The van der Waals surface area contributed by atoms with Crippen LogP contribution in [0, 0.1) is 0 Å². The highest BCUT2D eigenvalue weighted by atomic mass is 16.5. The number of carbonyl (C=O) groups excluding carboxylic acids is 1. The van der Waals surface area contributed by atoms with Gasteiger partial charge in [-0.3, -0.25) is 0 Å². The van der Waals surface area contributed by atoms with Crippen molar-refractivity contribution >= 4 is 30.3 Å². The zero-order valence-corrected chi connectivity index (χ0v) is 8.13. The summed E-state index contributed by atoms with van der Waals surface area (Å²) in [5, 5.41) is 0.914. The van der Waals surface area contributed by atoms with Gasteiger partial charge in [-0.15, -0.1) is 0 Å². The van der Waals surface area contributed by atoms with E-state index in [1.165, 1.54) is 7.11 Å². The number of esters is 1. The maximum Gasteiger partial charge on any atom is 0.338 e. The fourth-order valence-electron chi connectivity index (χ4n) is 1.58. The van der Waals surface area contributed by atoms with Crippen molar-refractivity contribution < 1.29 is 9.53 Å². The Morgan fingerprint density at radius 3 is 3.00 bits per heavy atom. The van der Waals surface area contributed by atoms with Crippen LogP contribution in [0.25, 0.3) is 10.9 Å². The Morgan fingerprint density at radius 1 is 1.50 bits per heavy atom. The van der Waals surface area contributed by atoms with Crippen LogP contribution in [0.15, 0.2) is 24.3 Å². The summed E-state index contributed by atoms with van der Waals surface area (Å²) in [5.74, 6) is -0.297. The van der Waals surface area contributed by atoms with E-state index in [1.54, 1.807) is 6.07 Å². The summed E-state index contributed by atoms with van der Waals surface area (Å²) in [6.45, 7) is 0. The summed E-state index contributed by atoms with van der Waals surface area (Å²) in [6.07, 6.45) is 0. The number of methoxy groups -OCH3 is 1. The number of H-pyrrole nitrogens is 1. The molecule has 0 fully saturated rings. The van der Waals surface area contributed by atoms with Crippen molar-refractivity contribution in [3.63, 3.8) is 0 Å². The predicted molar refractivity (Wildman–Crippen MR) is 57.8 cm³/mol. The minimum absolute atomic E-state index is 0.297. The molecule has 0 saturated carbocycles. The SMILES string of the molecule is Bc1cc2c(C(=O)OC)cccc2[nH]1. The lowest BCUT2D eigenvalue weighted by Gasteiger charge is -1.99. The van der Waals surface area contributed by atoms with Gasteiger partial charge in [0.2, 0.25) is 0 Å². The molecular formula is C10H10BNO2. The monoisotopic (exact) mass is 187 g/mol. The predicted octanol–water partition coefficient (Wildman–Crippen LogP) is 0.213. The Labute approximate surface area is 82.5 Å². The van der Waals surface area contributed by atoms with E-state index in [1.807, 2.05) is 26.0 Å². The second-order valence-corrected chi connectivity index (χ2v) is 3.21. The highest BCUT2D eigenvalue weighted by molar-refractivity contribution is 6.32. The molecule has 0 bridgehead atoms. The molecule has 0 aliphatic heterocycles. The minimum atomic E-state index is -0.297. The second kappa shape index (κ2) is 3.22. The number of fused-ring (bicyclic) bond motifs is 1. The maximum atomic E-state index is 11.4. The van der Waals surface area contributed by atoms with E-state index in [9.17, 15) is 4.79 Å². The molecule has 3 nitrogen and oxygen atoms in total. The van der Waals surface area contributed by atoms with Gasteiger partial charge in [0.15, 0.2) is 7.85 Å². The third-order valence-corrected chi connectivity index (χ3v) is 2.20. The zero-order valence-electron chi connectivity index (χ0n) is 8.13. The van der Waals surface area contributed by atoms with E-state index in [-0.39, 0.29) is 5.97 Å². The van der Waals surface area contributed by atoms with Gasteiger partial charge in [0, 0.05) is 10.9 Å². The molecule has 1 aromatic carbocycles. The molecule has 4 heteroatoms. The van der Waals surface area contributed by atoms with Gasteiger partial charge in [-0.25, -0.2) is 4.79 Å². The minimum Gasteiger partial charge on any atom is -0.465 e. The van der Waals surface area contributed by atoms with Gasteiger partial charge in [0.05, 0.1) is 12.7 Å². The molecule has 0 aliphatic carbocycles. The third kappa shape index (κ3) is 1.29. The molecule has 0 saturated heterocycles. The van der Waals surface area contributed by atoms with Crippen LogP contribution in [0.4, 0.5) is 0 Å². The van der Waals surface area contributed by atoms with Crippen molar-refractivity contribution in [1.82, 2.24) is 4.98 Å². The Bertz CT molecular complexity index is 490. The highest BCUT2D eigenvalue weighted by Crippen LogP contribution is 2.16. The number of hydrogen-bond donors (Lipinski definition) is 1. The Balaban J connectivity index is 2.70. The number of aromatic amines is 1. The fraction of sp³-hybridized carbons (Fsp3) is 0.100. The average molecular weight is 187 g/mol. The number of carbonyl (C=O) groups is 1. The van der Waals surface area contributed by atoms with Gasteiger partial charge in [-0.05, 0) is 23.8 Å². The topological polar surface area (TPSA) is 42.1 Å². The van der Waals surface area contributed by atoms with Gasteiger partial charge in [-0.2, -0.15) is 0 Å². The first-order valence-corrected chi connectivity index (χ1v) is 4.39. The van der Waals surface area contributed by atoms with Crippen molar-refractivity contribution in [3.8, 4) is 0 Å². The smallest absolute Gasteiger partial charge is 0.338 e. The first-order valence-electron chi connectivity index (χ1n) is 4.39. The van der Waals surface area contributed by atoms with Crippen LogP contribution >= 0.6 is 0 Å². The Morgan fingerprint density at radius 2 is 2.29 bits per heavy atom. The van der Waals surface area contributed by atoms with Crippen molar-refractivity contribution in [2.45, 2.75) is 0 Å². The van der Waals surface area contributed by atoms with Crippen molar-refractivity contribution in [3.05, 3.63) is 29.8 Å². The molecule has 0 radical (unpaired) electrons. The highest BCUT2D eigenvalue weighted by Gasteiger charge is 2.10. The number of hydrogen-bond acceptors (Lipinski definition) is 2. The molecule has 2 aromatic rings. The van der Waals surface area contributed by atoms with Crippen LogP contribution in [0.1, 0.15) is 10.4 Å². The molecule has 70 valence electrons. The fourth-order valence-corrected chi connectivity index (χ4v) is 1.58. The van der Waals surface area contributed by atoms with Crippen LogP contribution < -0.4 is 5.59 Å². The molecule has 0 unspecified atom stereocenters. The summed E-state index contributed by atoms with van der Waals surface area (Å²) < 4.78 is 4.70. The van der Waals surface area contributed by atoms with Gasteiger partial charge in [0.25, 0.3) is 0 Å². The van der Waals surface area contributed by atoms with E-state index < -0.39 is 0 Å². The standard InChI is InChI=1S/C10H10BNO2/c1-14-10(13)6-3-2-4-8-7(6)5-9(11)12-8/h2-5,12H,11H2,1H3. The number of rotatable bonds is 1. The maximum absolute atomic E-state index is 11.4. The van der Waals surface area contributed by atoms with Gasteiger partial charge < -0.3 is 9.72 Å². The molecule has 0 atom stereocenters. The summed E-state index contributed by atoms with van der Waals surface area (Å²) in [6, 6.07) is 7.49. The quantitative estimate of drug-likeness (QED) is 0.512. The van der Waals surface area contributed by atoms with E-state index in [2.05, 4.69) is 4.98 Å². The van der Waals surface area contributed by atoms with Crippen molar-refractivity contribution in [2.24, 2.45) is 0 Å². The summed E-state index contributed by atoms with van der Waals surface area (Å²) in [5.41, 5.74) is 2.61.